The Labute approximate surface area is 115 Å². The fraction of sp³-hybridized carbons (Fsp3) is 0.929. The molecule has 0 aromatic rings. The van der Waals surface area contributed by atoms with E-state index in [1.807, 2.05) is 11.8 Å². The summed E-state index contributed by atoms with van der Waals surface area (Å²) in [7, 11) is 0. The molecule has 1 aliphatic carbocycles. The van der Waals surface area contributed by atoms with Crippen LogP contribution in [0, 0.1) is 11.8 Å². The molecular weight excluding hydrogens is 244 g/mol. The van der Waals surface area contributed by atoms with Crippen molar-refractivity contribution in [3.05, 3.63) is 0 Å². The Hall–Kier alpha value is -0.220. The zero-order valence-electron chi connectivity index (χ0n) is 11.7. The van der Waals surface area contributed by atoms with Gasteiger partial charge in [-0.15, -0.1) is 0 Å². The molecule has 2 aliphatic rings. The van der Waals surface area contributed by atoms with Gasteiger partial charge in [0.05, 0.1) is 13.2 Å². The minimum Gasteiger partial charge on any atom is -0.380 e. The third kappa shape index (κ3) is 4.47. The predicted molar refractivity (Wildman–Crippen MR) is 79.3 cm³/mol. The molecule has 1 saturated heterocycles. The van der Waals surface area contributed by atoms with Crippen molar-refractivity contribution in [3.63, 3.8) is 0 Å². The molecule has 0 bridgehead atoms. The van der Waals surface area contributed by atoms with E-state index in [0.717, 1.165) is 43.2 Å². The standard InChI is InChI=1S/C14H26N2OS/c1-11(2)6-8-17-9-7-15-14-16-13-5-3-4-12(13)10-18-14/h11-13H,3-10H2,1-2H3,(H,15,16). The number of nitrogens with zero attached hydrogens (tertiary/aromatic N) is 1. The molecule has 2 fully saturated rings. The lowest BCUT2D eigenvalue weighted by atomic mass is 10.1. The van der Waals surface area contributed by atoms with E-state index in [4.69, 9.17) is 4.74 Å². The molecular formula is C14H26N2OS. The highest BCUT2D eigenvalue weighted by atomic mass is 32.2. The van der Waals surface area contributed by atoms with Gasteiger partial charge in [-0.3, -0.25) is 4.99 Å². The van der Waals surface area contributed by atoms with Crippen LogP contribution in [0.4, 0.5) is 0 Å². The minimum atomic E-state index is 0.701. The molecule has 0 aromatic carbocycles. The van der Waals surface area contributed by atoms with Gasteiger partial charge in [-0.05, 0) is 31.1 Å². The van der Waals surface area contributed by atoms with Crippen LogP contribution in [-0.2, 0) is 4.74 Å². The van der Waals surface area contributed by atoms with Crippen LogP contribution >= 0.6 is 11.8 Å². The highest BCUT2D eigenvalue weighted by Crippen LogP contribution is 2.32. The van der Waals surface area contributed by atoms with Gasteiger partial charge in [-0.25, -0.2) is 0 Å². The Kier molecular flexibility index (Phi) is 5.83. The number of rotatable bonds is 6. The van der Waals surface area contributed by atoms with E-state index in [0.29, 0.717) is 6.04 Å². The van der Waals surface area contributed by atoms with Crippen molar-refractivity contribution in [1.82, 2.24) is 5.32 Å². The van der Waals surface area contributed by atoms with E-state index in [1.165, 1.54) is 25.0 Å². The number of thioether (sulfide) groups is 1. The van der Waals surface area contributed by atoms with Crippen LogP contribution in [0.3, 0.4) is 0 Å². The lowest BCUT2D eigenvalue weighted by molar-refractivity contribution is 0.131. The van der Waals surface area contributed by atoms with Crippen molar-refractivity contribution < 1.29 is 4.74 Å². The average molecular weight is 270 g/mol. The van der Waals surface area contributed by atoms with Crippen molar-refractivity contribution in [2.24, 2.45) is 16.8 Å². The zero-order chi connectivity index (χ0) is 12.8. The Morgan fingerprint density at radius 3 is 3.11 bits per heavy atom. The summed E-state index contributed by atoms with van der Waals surface area (Å²) in [6, 6.07) is 0.701. The number of fused-ring (bicyclic) bond motifs is 1. The first kappa shape index (κ1) is 14.2. The molecule has 2 atom stereocenters. The number of aliphatic imine (C=N–C) groups is 1. The maximum absolute atomic E-state index is 5.58. The summed E-state index contributed by atoms with van der Waals surface area (Å²) in [5.41, 5.74) is 0. The van der Waals surface area contributed by atoms with Crippen LogP contribution in [0.1, 0.15) is 39.5 Å². The number of hydrogen-bond donors (Lipinski definition) is 1. The molecule has 0 spiro atoms. The third-order valence-corrected chi connectivity index (χ3v) is 4.85. The molecule has 18 heavy (non-hydrogen) atoms. The maximum Gasteiger partial charge on any atom is 0.156 e. The highest BCUT2D eigenvalue weighted by Gasteiger charge is 2.31. The monoisotopic (exact) mass is 270 g/mol. The summed E-state index contributed by atoms with van der Waals surface area (Å²) in [5, 5.41) is 4.73. The van der Waals surface area contributed by atoms with Gasteiger partial charge in [0.15, 0.2) is 5.17 Å². The molecule has 1 heterocycles. The second-order valence-corrected chi connectivity index (χ2v) is 6.74. The molecule has 104 valence electrons. The van der Waals surface area contributed by atoms with Gasteiger partial charge < -0.3 is 10.1 Å². The lowest BCUT2D eigenvalue weighted by Gasteiger charge is -2.28. The van der Waals surface area contributed by atoms with Gasteiger partial charge >= 0.3 is 0 Å². The van der Waals surface area contributed by atoms with Gasteiger partial charge in [-0.1, -0.05) is 32.0 Å². The van der Waals surface area contributed by atoms with Gasteiger partial charge in [0, 0.05) is 18.4 Å². The van der Waals surface area contributed by atoms with Crippen LogP contribution in [0.5, 0.6) is 0 Å². The summed E-state index contributed by atoms with van der Waals surface area (Å²) in [6.07, 6.45) is 5.26. The van der Waals surface area contributed by atoms with Crippen LogP contribution < -0.4 is 5.32 Å². The van der Waals surface area contributed by atoms with E-state index in [1.54, 1.807) is 0 Å². The SMILES string of the molecule is CC(C)CCOCCN=C1NC2CCCC2CS1. The van der Waals surface area contributed by atoms with Crippen molar-refractivity contribution in [2.45, 2.75) is 45.6 Å². The van der Waals surface area contributed by atoms with Crippen molar-refractivity contribution in [3.8, 4) is 0 Å². The molecule has 4 heteroatoms. The first-order chi connectivity index (χ1) is 8.75. The van der Waals surface area contributed by atoms with Gasteiger partial charge in [-0.2, -0.15) is 0 Å². The Bertz CT molecular complexity index is 281. The van der Waals surface area contributed by atoms with E-state index < -0.39 is 0 Å². The van der Waals surface area contributed by atoms with Crippen molar-refractivity contribution >= 4 is 16.9 Å². The van der Waals surface area contributed by atoms with Crippen LogP contribution in [0.2, 0.25) is 0 Å². The van der Waals surface area contributed by atoms with Gasteiger partial charge in [0.25, 0.3) is 0 Å². The van der Waals surface area contributed by atoms with E-state index in [-0.39, 0.29) is 0 Å². The molecule has 2 unspecified atom stereocenters. The summed E-state index contributed by atoms with van der Waals surface area (Å²) < 4.78 is 5.58. The maximum atomic E-state index is 5.58. The Morgan fingerprint density at radius 1 is 1.39 bits per heavy atom. The third-order valence-electron chi connectivity index (χ3n) is 3.73. The topological polar surface area (TPSA) is 33.6 Å². The molecule has 0 amide bonds. The summed E-state index contributed by atoms with van der Waals surface area (Å²) in [5.74, 6) is 2.87. The average Bonchev–Trinajstić information content (AvgIpc) is 2.80. The highest BCUT2D eigenvalue weighted by molar-refractivity contribution is 8.13. The van der Waals surface area contributed by atoms with E-state index in [9.17, 15) is 0 Å². The Balaban J connectivity index is 1.58. The number of ether oxygens (including phenoxy) is 1. The Morgan fingerprint density at radius 2 is 2.28 bits per heavy atom. The van der Waals surface area contributed by atoms with Crippen LogP contribution in [0.25, 0.3) is 0 Å². The first-order valence-corrected chi connectivity index (χ1v) is 8.26. The lowest BCUT2D eigenvalue weighted by Crippen LogP contribution is -2.41. The number of hydrogen-bond acceptors (Lipinski definition) is 3. The molecule has 0 radical (unpaired) electrons. The van der Waals surface area contributed by atoms with E-state index in [2.05, 4.69) is 24.2 Å². The van der Waals surface area contributed by atoms with Gasteiger partial charge in [0.1, 0.15) is 0 Å². The molecule has 1 saturated carbocycles. The second-order valence-electron chi connectivity index (χ2n) is 5.73. The predicted octanol–water partition coefficient (Wildman–Crippen LogP) is 2.91. The number of nitrogens with one attached hydrogen (secondary N) is 1. The molecule has 3 nitrogen and oxygen atoms in total. The molecule has 1 N–H and O–H groups in total. The molecule has 1 aliphatic heterocycles. The largest absolute Gasteiger partial charge is 0.380 e. The number of amidine groups is 1. The normalized spacial score (nSPS) is 29.6. The second kappa shape index (κ2) is 7.39. The fourth-order valence-electron chi connectivity index (χ4n) is 2.54. The summed E-state index contributed by atoms with van der Waals surface area (Å²) in [4.78, 5) is 4.60. The van der Waals surface area contributed by atoms with Crippen molar-refractivity contribution in [2.75, 3.05) is 25.5 Å². The zero-order valence-corrected chi connectivity index (χ0v) is 12.5. The quantitative estimate of drug-likeness (QED) is 0.754. The van der Waals surface area contributed by atoms with Gasteiger partial charge in [0.2, 0.25) is 0 Å². The minimum absolute atomic E-state index is 0.701. The first-order valence-electron chi connectivity index (χ1n) is 7.27. The van der Waals surface area contributed by atoms with Crippen LogP contribution in [-0.4, -0.2) is 36.7 Å². The molecule has 2 rings (SSSR count). The molecule has 0 aromatic heterocycles. The summed E-state index contributed by atoms with van der Waals surface area (Å²) >= 11 is 1.89. The summed E-state index contributed by atoms with van der Waals surface area (Å²) in [6.45, 7) is 6.87. The van der Waals surface area contributed by atoms with Crippen LogP contribution in [0.15, 0.2) is 4.99 Å². The fourth-order valence-corrected chi connectivity index (χ4v) is 3.72. The smallest absolute Gasteiger partial charge is 0.156 e. The van der Waals surface area contributed by atoms with Crippen molar-refractivity contribution in [1.29, 1.82) is 0 Å². The van der Waals surface area contributed by atoms with E-state index >= 15 is 0 Å².